The molecule has 10 heteroatoms. The Morgan fingerprint density at radius 3 is 2.44 bits per heavy atom. The zero-order valence-electron chi connectivity index (χ0n) is 20.9. The number of rotatable bonds is 5. The molecule has 0 saturated carbocycles. The third-order valence-electron chi connectivity index (χ3n) is 7.75. The van der Waals surface area contributed by atoms with Gasteiger partial charge in [-0.2, -0.15) is 0 Å². The molecule has 3 aliphatic rings. The third-order valence-corrected chi connectivity index (χ3v) is 7.75. The SMILES string of the molecule is CCOC(=O)c1ccc(N2C(=O)[C@H]3[C@H](Cc4ccc(O)c(O)c4)N[C@@]4(C(=O)Nc5ccccc54)[C@@H]3C2=O)cc1. The van der Waals surface area contributed by atoms with E-state index in [1.165, 1.54) is 36.4 Å². The fourth-order valence-corrected chi connectivity index (χ4v) is 6.10. The van der Waals surface area contributed by atoms with E-state index in [0.29, 0.717) is 16.8 Å². The summed E-state index contributed by atoms with van der Waals surface area (Å²) in [5.41, 5.74) is 0.859. The molecule has 6 rings (SSSR count). The van der Waals surface area contributed by atoms with Crippen molar-refractivity contribution in [2.45, 2.75) is 24.9 Å². The predicted octanol–water partition coefficient (Wildman–Crippen LogP) is 2.44. The van der Waals surface area contributed by atoms with Crippen molar-refractivity contribution in [3.63, 3.8) is 0 Å². The van der Waals surface area contributed by atoms with Crippen molar-refractivity contribution in [1.29, 1.82) is 0 Å². The van der Waals surface area contributed by atoms with E-state index in [4.69, 9.17) is 4.74 Å². The van der Waals surface area contributed by atoms with E-state index in [0.717, 1.165) is 4.90 Å². The van der Waals surface area contributed by atoms with Crippen molar-refractivity contribution in [3.05, 3.63) is 83.4 Å². The number of hydrogen-bond donors (Lipinski definition) is 4. The van der Waals surface area contributed by atoms with Crippen LogP contribution in [0.4, 0.5) is 11.4 Å². The number of para-hydroxylation sites is 1. The van der Waals surface area contributed by atoms with Crippen LogP contribution in [0.15, 0.2) is 66.7 Å². The van der Waals surface area contributed by atoms with Gasteiger partial charge >= 0.3 is 5.97 Å². The average molecular weight is 528 g/mol. The summed E-state index contributed by atoms with van der Waals surface area (Å²) in [4.78, 5) is 54.8. The third kappa shape index (κ3) is 3.59. The maximum atomic E-state index is 14.1. The molecule has 0 unspecified atom stereocenters. The number of carbonyl (C=O) groups excluding carboxylic acids is 4. The Morgan fingerprint density at radius 2 is 1.72 bits per heavy atom. The summed E-state index contributed by atoms with van der Waals surface area (Å²) >= 11 is 0. The summed E-state index contributed by atoms with van der Waals surface area (Å²) in [6.45, 7) is 1.91. The van der Waals surface area contributed by atoms with Gasteiger partial charge in [0.15, 0.2) is 11.5 Å². The number of nitrogens with one attached hydrogen (secondary N) is 2. The number of esters is 1. The van der Waals surface area contributed by atoms with Gasteiger partial charge in [0.2, 0.25) is 17.7 Å². The molecule has 0 radical (unpaired) electrons. The number of aromatic hydroxyl groups is 2. The molecule has 4 atom stereocenters. The predicted molar refractivity (Wildman–Crippen MR) is 139 cm³/mol. The lowest BCUT2D eigenvalue weighted by atomic mass is 9.76. The highest BCUT2D eigenvalue weighted by Gasteiger charge is 2.70. The van der Waals surface area contributed by atoms with E-state index in [1.807, 2.05) is 0 Å². The minimum atomic E-state index is -1.47. The molecule has 4 N–H and O–H groups in total. The van der Waals surface area contributed by atoms with Gasteiger partial charge in [-0.05, 0) is 61.4 Å². The van der Waals surface area contributed by atoms with Crippen molar-refractivity contribution in [2.75, 3.05) is 16.8 Å². The number of nitrogens with zero attached hydrogens (tertiary/aromatic N) is 1. The Kier molecular flexibility index (Phi) is 5.65. The summed E-state index contributed by atoms with van der Waals surface area (Å²) in [7, 11) is 0. The first-order valence-corrected chi connectivity index (χ1v) is 12.6. The smallest absolute Gasteiger partial charge is 0.338 e. The van der Waals surface area contributed by atoms with Crippen LogP contribution in [-0.4, -0.2) is 46.6 Å². The molecule has 3 heterocycles. The quantitative estimate of drug-likeness (QED) is 0.225. The normalized spacial score (nSPS) is 25.1. The van der Waals surface area contributed by atoms with E-state index in [-0.39, 0.29) is 35.8 Å². The Morgan fingerprint density at radius 1 is 0.974 bits per heavy atom. The molecule has 10 nitrogen and oxygen atoms in total. The molecule has 3 amide bonds. The molecule has 198 valence electrons. The Hall–Kier alpha value is -4.70. The Bertz CT molecular complexity index is 1540. The van der Waals surface area contributed by atoms with Gasteiger partial charge in [-0.1, -0.05) is 24.3 Å². The fraction of sp³-hybridized carbons (Fsp3) is 0.241. The topological polar surface area (TPSA) is 145 Å². The molecule has 2 saturated heterocycles. The number of ether oxygens (including phenoxy) is 1. The van der Waals surface area contributed by atoms with Crippen LogP contribution in [0.1, 0.15) is 28.4 Å². The molecule has 0 aliphatic carbocycles. The lowest BCUT2D eigenvalue weighted by molar-refractivity contribution is -0.130. The monoisotopic (exact) mass is 527 g/mol. The highest BCUT2D eigenvalue weighted by Crippen LogP contribution is 2.53. The molecule has 3 aromatic rings. The summed E-state index contributed by atoms with van der Waals surface area (Å²) in [6.07, 6.45) is 0.209. The van der Waals surface area contributed by atoms with Crippen LogP contribution in [0.25, 0.3) is 0 Å². The van der Waals surface area contributed by atoms with Crippen LogP contribution in [0.3, 0.4) is 0 Å². The number of carbonyl (C=O) groups is 4. The standard InChI is InChI=1S/C29H25N3O7/c1-2-39-27(37)16-8-10-17(11-9-16)32-25(35)23-20(13-15-7-12-21(33)22(34)14-15)31-29(24(23)26(32)36)18-5-3-4-6-19(18)30-28(29)38/h3-12,14,20,23-24,31,33-34H,2,13H2,1H3,(H,30,38)/t20-,23-,24-,29+/m0/s1. The van der Waals surface area contributed by atoms with Gasteiger partial charge in [0, 0.05) is 17.3 Å². The first kappa shape index (κ1) is 24.6. The van der Waals surface area contributed by atoms with E-state index in [2.05, 4.69) is 10.6 Å². The van der Waals surface area contributed by atoms with Crippen LogP contribution in [0.2, 0.25) is 0 Å². The molecule has 1 spiro atoms. The van der Waals surface area contributed by atoms with Crippen molar-refractivity contribution in [1.82, 2.24) is 5.32 Å². The number of imide groups is 1. The fourth-order valence-electron chi connectivity index (χ4n) is 6.10. The van der Waals surface area contributed by atoms with Gasteiger partial charge < -0.3 is 20.3 Å². The molecular formula is C29H25N3O7. The first-order valence-electron chi connectivity index (χ1n) is 12.6. The van der Waals surface area contributed by atoms with E-state index in [9.17, 15) is 29.4 Å². The lowest BCUT2D eigenvalue weighted by Gasteiger charge is -2.29. The van der Waals surface area contributed by atoms with Gasteiger partial charge in [0.05, 0.1) is 29.7 Å². The van der Waals surface area contributed by atoms with Gasteiger partial charge in [-0.3, -0.25) is 19.7 Å². The summed E-state index contributed by atoms with van der Waals surface area (Å²) in [6, 6.07) is 16.8. The van der Waals surface area contributed by atoms with Gasteiger partial charge in [-0.15, -0.1) is 0 Å². The van der Waals surface area contributed by atoms with Crippen molar-refractivity contribution >= 4 is 35.1 Å². The minimum absolute atomic E-state index is 0.209. The number of anilines is 2. The van der Waals surface area contributed by atoms with E-state index < -0.39 is 47.1 Å². The highest BCUT2D eigenvalue weighted by atomic mass is 16.5. The average Bonchev–Trinajstić information content (AvgIpc) is 3.50. The Labute approximate surface area is 223 Å². The van der Waals surface area contributed by atoms with Crippen LogP contribution in [0, 0.1) is 11.8 Å². The van der Waals surface area contributed by atoms with E-state index in [1.54, 1.807) is 37.3 Å². The summed E-state index contributed by atoms with van der Waals surface area (Å²) in [5, 5.41) is 26.0. The molecule has 3 aromatic carbocycles. The lowest BCUT2D eigenvalue weighted by Crippen LogP contribution is -2.53. The number of benzene rings is 3. The van der Waals surface area contributed by atoms with Crippen LogP contribution < -0.4 is 15.5 Å². The second-order valence-corrected chi connectivity index (χ2v) is 9.87. The molecule has 3 aliphatic heterocycles. The largest absolute Gasteiger partial charge is 0.504 e. The van der Waals surface area contributed by atoms with Gasteiger partial charge in [0.25, 0.3) is 0 Å². The van der Waals surface area contributed by atoms with Gasteiger partial charge in [0.1, 0.15) is 5.54 Å². The molecule has 2 fully saturated rings. The minimum Gasteiger partial charge on any atom is -0.504 e. The van der Waals surface area contributed by atoms with Crippen molar-refractivity contribution in [2.24, 2.45) is 11.8 Å². The summed E-state index contributed by atoms with van der Waals surface area (Å²) in [5.74, 6) is -4.44. The molecule has 0 bridgehead atoms. The maximum Gasteiger partial charge on any atom is 0.338 e. The zero-order valence-corrected chi connectivity index (χ0v) is 20.9. The van der Waals surface area contributed by atoms with Crippen LogP contribution in [-0.2, 0) is 31.1 Å². The highest BCUT2D eigenvalue weighted by molar-refractivity contribution is 6.25. The second-order valence-electron chi connectivity index (χ2n) is 9.87. The summed E-state index contributed by atoms with van der Waals surface area (Å²) < 4.78 is 5.02. The molecule has 0 aromatic heterocycles. The Balaban J connectivity index is 1.42. The zero-order chi connectivity index (χ0) is 27.5. The number of hydrogen-bond acceptors (Lipinski definition) is 8. The van der Waals surface area contributed by atoms with Crippen molar-refractivity contribution in [3.8, 4) is 11.5 Å². The van der Waals surface area contributed by atoms with Crippen LogP contribution in [0.5, 0.6) is 11.5 Å². The molecular weight excluding hydrogens is 502 g/mol. The van der Waals surface area contributed by atoms with Crippen LogP contribution >= 0.6 is 0 Å². The number of amides is 3. The number of fused-ring (bicyclic) bond motifs is 4. The number of phenols is 2. The van der Waals surface area contributed by atoms with E-state index >= 15 is 0 Å². The van der Waals surface area contributed by atoms with Gasteiger partial charge in [-0.25, -0.2) is 9.69 Å². The molecule has 39 heavy (non-hydrogen) atoms. The second kappa shape index (κ2) is 8.95. The first-order chi connectivity index (χ1) is 18.8. The number of phenolic OH excluding ortho intramolecular Hbond substituents is 2. The maximum absolute atomic E-state index is 14.1. The van der Waals surface area contributed by atoms with Crippen molar-refractivity contribution < 1.29 is 34.1 Å².